The summed E-state index contributed by atoms with van der Waals surface area (Å²) in [7, 11) is -3.71. The second-order valence-corrected chi connectivity index (χ2v) is 7.32. The van der Waals surface area contributed by atoms with Gasteiger partial charge in [0.25, 0.3) is 0 Å². The van der Waals surface area contributed by atoms with Crippen LogP contribution in [0.3, 0.4) is 0 Å². The molecule has 23 heavy (non-hydrogen) atoms. The number of nitrogens with zero attached hydrogens (tertiary/aromatic N) is 2. The number of sulfonamides is 1. The number of benzene rings is 1. The highest BCUT2D eigenvalue weighted by molar-refractivity contribution is 7.89. The van der Waals surface area contributed by atoms with E-state index in [0.29, 0.717) is 5.69 Å². The van der Waals surface area contributed by atoms with Gasteiger partial charge in [0.2, 0.25) is 10.0 Å². The molecule has 1 fully saturated rings. The topological polar surface area (TPSA) is 79.8 Å². The van der Waals surface area contributed by atoms with E-state index in [0.717, 1.165) is 44.2 Å². The second-order valence-electron chi connectivity index (χ2n) is 5.79. The van der Waals surface area contributed by atoms with Crippen LogP contribution in [0.4, 0.5) is 5.69 Å². The lowest BCUT2D eigenvalue weighted by atomic mass is 10.2. The van der Waals surface area contributed by atoms with Gasteiger partial charge in [0.15, 0.2) is 0 Å². The molecule has 124 valence electrons. The van der Waals surface area contributed by atoms with Gasteiger partial charge in [0, 0.05) is 26.2 Å². The van der Waals surface area contributed by atoms with Gasteiger partial charge in [0.1, 0.15) is 16.4 Å². The third kappa shape index (κ3) is 3.74. The van der Waals surface area contributed by atoms with E-state index < -0.39 is 10.0 Å². The van der Waals surface area contributed by atoms with Crippen LogP contribution < -0.4 is 10.0 Å². The van der Waals surface area contributed by atoms with Crippen molar-refractivity contribution in [1.29, 1.82) is 0 Å². The Hall–Kier alpha value is -1.83. The molecule has 2 N–H and O–H groups in total. The maximum absolute atomic E-state index is 11.7. The molecule has 0 amide bonds. The van der Waals surface area contributed by atoms with E-state index in [1.807, 2.05) is 31.2 Å². The van der Waals surface area contributed by atoms with Crippen LogP contribution in [0.5, 0.6) is 0 Å². The molecule has 2 aromatic rings. The molecule has 1 aromatic carbocycles. The van der Waals surface area contributed by atoms with Crippen LogP contribution in [-0.4, -0.2) is 39.5 Å². The summed E-state index contributed by atoms with van der Waals surface area (Å²) in [5.74, 6) is 1.88. The van der Waals surface area contributed by atoms with Gasteiger partial charge in [-0.05, 0) is 31.2 Å². The molecule has 6 nitrogen and oxygen atoms in total. The number of hydrogen-bond donors (Lipinski definition) is 1. The highest BCUT2D eigenvalue weighted by Gasteiger charge is 2.22. The Morgan fingerprint density at radius 3 is 2.39 bits per heavy atom. The molecule has 1 aromatic heterocycles. The van der Waals surface area contributed by atoms with Crippen molar-refractivity contribution >= 4 is 15.7 Å². The molecular formula is C16H21N3O3S. The van der Waals surface area contributed by atoms with E-state index in [1.54, 1.807) is 12.1 Å². The molecule has 0 unspecified atom stereocenters. The molecule has 0 spiro atoms. The van der Waals surface area contributed by atoms with E-state index in [-0.39, 0.29) is 4.90 Å². The third-order valence-corrected chi connectivity index (χ3v) is 5.02. The van der Waals surface area contributed by atoms with Crippen LogP contribution in [-0.2, 0) is 16.6 Å². The van der Waals surface area contributed by atoms with E-state index in [1.165, 1.54) is 0 Å². The first kappa shape index (κ1) is 16.0. The van der Waals surface area contributed by atoms with E-state index in [2.05, 4.69) is 9.80 Å². The maximum Gasteiger partial charge on any atom is 0.240 e. The molecule has 0 atom stereocenters. The molecule has 7 heteroatoms. The predicted molar refractivity (Wildman–Crippen MR) is 88.8 cm³/mol. The van der Waals surface area contributed by atoms with Crippen LogP contribution in [0.15, 0.2) is 45.7 Å². The van der Waals surface area contributed by atoms with Gasteiger partial charge in [0.05, 0.1) is 12.2 Å². The minimum Gasteiger partial charge on any atom is -0.465 e. The monoisotopic (exact) mass is 335 g/mol. The fourth-order valence-corrected chi connectivity index (χ4v) is 3.65. The smallest absolute Gasteiger partial charge is 0.240 e. The van der Waals surface area contributed by atoms with Crippen molar-refractivity contribution in [2.24, 2.45) is 5.14 Å². The Kier molecular flexibility index (Phi) is 4.43. The van der Waals surface area contributed by atoms with Crippen LogP contribution in [0.1, 0.15) is 11.5 Å². The van der Waals surface area contributed by atoms with Gasteiger partial charge in [-0.15, -0.1) is 0 Å². The molecule has 0 radical (unpaired) electrons. The number of piperazine rings is 1. The second kappa shape index (κ2) is 6.35. The molecule has 1 aliphatic rings. The number of rotatable bonds is 4. The van der Waals surface area contributed by atoms with Gasteiger partial charge in [-0.25, -0.2) is 13.6 Å². The first-order chi connectivity index (χ1) is 10.9. The number of furan rings is 1. The van der Waals surface area contributed by atoms with Crippen LogP contribution >= 0.6 is 0 Å². The normalized spacial score (nSPS) is 16.7. The lowest BCUT2D eigenvalue weighted by Crippen LogP contribution is -2.46. The van der Waals surface area contributed by atoms with Gasteiger partial charge in [-0.3, -0.25) is 4.90 Å². The minimum absolute atomic E-state index is 0.190. The van der Waals surface area contributed by atoms with Crippen molar-refractivity contribution in [3.05, 3.63) is 47.9 Å². The molecular weight excluding hydrogens is 314 g/mol. The molecule has 0 bridgehead atoms. The SMILES string of the molecule is Cc1ccc(CN2CCN(c3ccccc3S(N)(=O)=O)CC2)o1. The van der Waals surface area contributed by atoms with Crippen molar-refractivity contribution in [2.45, 2.75) is 18.4 Å². The molecule has 0 aliphatic carbocycles. The largest absolute Gasteiger partial charge is 0.465 e. The van der Waals surface area contributed by atoms with E-state index >= 15 is 0 Å². The fraction of sp³-hybridized carbons (Fsp3) is 0.375. The zero-order valence-corrected chi connectivity index (χ0v) is 13.9. The van der Waals surface area contributed by atoms with Crippen molar-refractivity contribution in [2.75, 3.05) is 31.1 Å². The van der Waals surface area contributed by atoms with Crippen molar-refractivity contribution in [1.82, 2.24) is 4.90 Å². The molecule has 1 aliphatic heterocycles. The van der Waals surface area contributed by atoms with Gasteiger partial charge < -0.3 is 9.32 Å². The number of nitrogens with two attached hydrogens (primary N) is 1. The zero-order valence-electron chi connectivity index (χ0n) is 13.1. The summed E-state index contributed by atoms with van der Waals surface area (Å²) in [5.41, 5.74) is 0.684. The summed E-state index contributed by atoms with van der Waals surface area (Å²) in [6, 6.07) is 10.9. The third-order valence-electron chi connectivity index (χ3n) is 4.06. The lowest BCUT2D eigenvalue weighted by Gasteiger charge is -2.36. The first-order valence-electron chi connectivity index (χ1n) is 7.58. The molecule has 1 saturated heterocycles. The average Bonchev–Trinajstić information content (AvgIpc) is 2.92. The zero-order chi connectivity index (χ0) is 16.4. The summed E-state index contributed by atoms with van der Waals surface area (Å²) in [4.78, 5) is 4.56. The number of hydrogen-bond acceptors (Lipinski definition) is 5. The first-order valence-corrected chi connectivity index (χ1v) is 9.12. The lowest BCUT2D eigenvalue weighted by molar-refractivity contribution is 0.229. The molecule has 2 heterocycles. The Labute approximate surface area is 136 Å². The fourth-order valence-electron chi connectivity index (χ4n) is 2.90. The van der Waals surface area contributed by atoms with Gasteiger partial charge in [-0.2, -0.15) is 0 Å². The van der Waals surface area contributed by atoms with Crippen molar-refractivity contribution in [3.8, 4) is 0 Å². The average molecular weight is 335 g/mol. The van der Waals surface area contributed by atoms with Crippen LogP contribution in [0.2, 0.25) is 0 Å². The predicted octanol–water partition coefficient (Wildman–Crippen LogP) is 1.56. The van der Waals surface area contributed by atoms with E-state index in [4.69, 9.17) is 9.56 Å². The summed E-state index contributed by atoms with van der Waals surface area (Å²) in [6.07, 6.45) is 0. The Bertz CT molecular complexity index is 777. The number of primary sulfonamides is 1. The summed E-state index contributed by atoms with van der Waals surface area (Å²) in [5, 5.41) is 5.32. The van der Waals surface area contributed by atoms with Gasteiger partial charge in [-0.1, -0.05) is 12.1 Å². The standard InChI is InChI=1S/C16H21N3O3S/c1-13-6-7-14(22-13)12-18-8-10-19(11-9-18)15-4-2-3-5-16(15)23(17,20)21/h2-7H,8-12H2,1H3,(H2,17,20,21). The molecule has 0 saturated carbocycles. The Morgan fingerprint density at radius 1 is 1.09 bits per heavy atom. The van der Waals surface area contributed by atoms with Crippen LogP contribution in [0, 0.1) is 6.92 Å². The van der Waals surface area contributed by atoms with Crippen LogP contribution in [0.25, 0.3) is 0 Å². The molecule has 3 rings (SSSR count). The summed E-state index contributed by atoms with van der Waals surface area (Å²) >= 11 is 0. The number of para-hydroxylation sites is 1. The van der Waals surface area contributed by atoms with Crippen molar-refractivity contribution in [3.63, 3.8) is 0 Å². The minimum atomic E-state index is -3.71. The highest BCUT2D eigenvalue weighted by atomic mass is 32.2. The quantitative estimate of drug-likeness (QED) is 0.917. The van der Waals surface area contributed by atoms with E-state index in [9.17, 15) is 8.42 Å². The Balaban J connectivity index is 1.68. The highest BCUT2D eigenvalue weighted by Crippen LogP contribution is 2.25. The number of anilines is 1. The summed E-state index contributed by atoms with van der Waals surface area (Å²) < 4.78 is 29.1. The Morgan fingerprint density at radius 2 is 1.78 bits per heavy atom. The number of aryl methyl sites for hydroxylation is 1. The summed E-state index contributed by atoms with van der Waals surface area (Å²) in [6.45, 7) is 5.92. The maximum atomic E-state index is 11.7. The van der Waals surface area contributed by atoms with Gasteiger partial charge >= 0.3 is 0 Å². The van der Waals surface area contributed by atoms with Crippen molar-refractivity contribution < 1.29 is 12.8 Å².